The fourth-order valence-electron chi connectivity index (χ4n) is 8.71. The Morgan fingerprint density at radius 2 is 1.45 bits per heavy atom. The molecule has 1 aliphatic rings. The third kappa shape index (κ3) is 20.3. The van der Waals surface area contributed by atoms with Crippen LogP contribution < -0.4 is 30.2 Å². The zero-order valence-corrected chi connectivity index (χ0v) is 45.3. The summed E-state index contributed by atoms with van der Waals surface area (Å²) in [6.45, 7) is 3.48. The van der Waals surface area contributed by atoms with Crippen LogP contribution in [0.15, 0.2) is 101 Å². The van der Waals surface area contributed by atoms with E-state index in [1.807, 2.05) is 18.2 Å². The molecule has 80 heavy (non-hydrogen) atoms. The van der Waals surface area contributed by atoms with Crippen LogP contribution in [0.3, 0.4) is 0 Å². The molecule has 5 rings (SSSR count). The number of ketones is 1. The number of azo groups is 1. The smallest absolute Gasteiger partial charge is 0.303 e. The second-order valence-electron chi connectivity index (χ2n) is 19.0. The highest BCUT2D eigenvalue weighted by Crippen LogP contribution is 2.45. The highest BCUT2D eigenvalue weighted by molar-refractivity contribution is 8.19. The number of nitrogens with zero attached hydrogens (tertiary/aromatic N) is 3. The van der Waals surface area contributed by atoms with Crippen LogP contribution in [-0.4, -0.2) is 149 Å². The summed E-state index contributed by atoms with van der Waals surface area (Å²) in [7, 11) is -4.00. The number of hydrogen-bond acceptors (Lipinski definition) is 19. The molecule has 5 unspecified atom stereocenters. The fraction of sp³-hybridized carbons (Fsp3) is 0.464. The van der Waals surface area contributed by atoms with Gasteiger partial charge in [-0.3, -0.25) is 24.0 Å². The lowest BCUT2D eigenvalue weighted by Crippen LogP contribution is -2.52. The Morgan fingerprint density at radius 1 is 0.762 bits per heavy atom. The normalized spacial score (nSPS) is 14.5. The Labute approximate surface area is 465 Å². The van der Waals surface area contributed by atoms with Crippen molar-refractivity contribution < 1.29 is 82.5 Å². The number of aliphatic hydroxyl groups excluding tert-OH is 5. The van der Waals surface area contributed by atoms with E-state index in [0.29, 0.717) is 74.4 Å². The van der Waals surface area contributed by atoms with Gasteiger partial charge in [0.25, 0.3) is 5.91 Å². The molecule has 1 aliphatic carbocycles. The van der Waals surface area contributed by atoms with Gasteiger partial charge in [0, 0.05) is 55.2 Å². The third-order valence-electron chi connectivity index (χ3n) is 13.0. The second kappa shape index (κ2) is 33.0. The standard InChI is InChI=1S/C56H74N6O17S/c1-2-13-40-38-15-10-17-43(64)39(38)23-25-48(40)78-30-9-3-8-29-77-46-18-11-19-47(41(46)24-27-52(68)69)79-31-12-21-51(67)57-28-7-6-16-42(56(73)59-34-44(65)53(70)54(71)45(66)35-63)61-55(72)37-22-26-50(58-32-37)62-60-33-36-14-4-5-20-49(36)80(74,75)76/h2,4-5,11,14,18-20,22-23,25-26,32,42,44-45,53-54,63,65-66,70-71,74-76H,1,3,6-10,12-13,15-17,21,24,27-31,33-35H2,(H,57,67)(H,59,73)(H,61,72)(H,68,69). The predicted octanol–water partition coefficient (Wildman–Crippen LogP) is 5.64. The van der Waals surface area contributed by atoms with Gasteiger partial charge in [-0.2, -0.15) is 5.11 Å². The van der Waals surface area contributed by atoms with E-state index in [0.717, 1.165) is 48.1 Å². The summed E-state index contributed by atoms with van der Waals surface area (Å²) in [5.41, 5.74) is 3.80. The molecular formula is C56H74N6O17S. The Bertz CT molecular complexity index is 2710. The first kappa shape index (κ1) is 64.0. The summed E-state index contributed by atoms with van der Waals surface area (Å²) < 4.78 is 47.5. The minimum atomic E-state index is -4.00. The van der Waals surface area contributed by atoms with Crippen molar-refractivity contribution in [3.05, 3.63) is 119 Å². The summed E-state index contributed by atoms with van der Waals surface area (Å²) in [6.07, 6.45) is 1.92. The highest BCUT2D eigenvalue weighted by atomic mass is 32.3. The number of aliphatic hydroxyl groups is 5. The van der Waals surface area contributed by atoms with Crippen molar-refractivity contribution in [2.75, 3.05) is 39.5 Å². The van der Waals surface area contributed by atoms with Crippen molar-refractivity contribution in [1.82, 2.24) is 20.9 Å². The molecule has 0 radical (unpaired) electrons. The van der Waals surface area contributed by atoms with Gasteiger partial charge in [0.2, 0.25) is 11.8 Å². The quantitative estimate of drug-likeness (QED) is 0.0149. The van der Waals surface area contributed by atoms with Crippen molar-refractivity contribution in [2.24, 2.45) is 10.2 Å². The van der Waals surface area contributed by atoms with E-state index in [1.54, 1.807) is 24.3 Å². The molecule has 0 saturated carbocycles. The van der Waals surface area contributed by atoms with E-state index in [2.05, 4.69) is 37.7 Å². The van der Waals surface area contributed by atoms with Crippen LogP contribution in [0.1, 0.15) is 114 Å². The number of unbranched alkanes of at least 4 members (excludes halogenated alkanes) is 3. The number of Topliss-reactive ketones (excluding diaryl/α,β-unsaturated/α-hetero) is 1. The first-order valence-corrected chi connectivity index (χ1v) is 28.0. The zero-order valence-electron chi connectivity index (χ0n) is 44.5. The van der Waals surface area contributed by atoms with Crippen molar-refractivity contribution in [1.29, 1.82) is 0 Å². The Morgan fingerprint density at radius 3 is 2.11 bits per heavy atom. The largest absolute Gasteiger partial charge is 0.493 e. The van der Waals surface area contributed by atoms with Crippen molar-refractivity contribution in [3.63, 3.8) is 0 Å². The van der Waals surface area contributed by atoms with E-state index in [9.17, 15) is 63.2 Å². The molecule has 0 aliphatic heterocycles. The van der Waals surface area contributed by atoms with E-state index in [1.165, 1.54) is 36.5 Å². The third-order valence-corrected chi connectivity index (χ3v) is 14.0. The van der Waals surface area contributed by atoms with Crippen LogP contribution in [-0.2, 0) is 40.2 Å². The lowest BCUT2D eigenvalue weighted by atomic mass is 9.86. The fourth-order valence-corrected chi connectivity index (χ4v) is 9.46. The molecule has 1 heterocycles. The maximum Gasteiger partial charge on any atom is 0.303 e. The number of rotatable bonds is 36. The number of ether oxygens (including phenoxy) is 3. The molecule has 3 amide bonds. The average Bonchev–Trinajstić information content (AvgIpc) is 3.51. The minimum Gasteiger partial charge on any atom is -0.493 e. The number of carboxylic acids is 1. The first-order chi connectivity index (χ1) is 38.4. The zero-order chi connectivity index (χ0) is 58.0. The van der Waals surface area contributed by atoms with Crippen LogP contribution in [0.25, 0.3) is 0 Å². The Hall–Kier alpha value is -6.87. The van der Waals surface area contributed by atoms with Gasteiger partial charge in [-0.15, -0.1) is 11.7 Å². The number of carboxylic acid groups (broad SMARTS) is 1. The molecule has 1 aromatic heterocycles. The number of amides is 3. The van der Waals surface area contributed by atoms with Crippen LogP contribution in [0.2, 0.25) is 0 Å². The van der Waals surface area contributed by atoms with E-state index < -0.39 is 72.3 Å². The summed E-state index contributed by atoms with van der Waals surface area (Å²) in [5.74, 6) is -0.755. The predicted molar refractivity (Wildman–Crippen MR) is 294 cm³/mol. The highest BCUT2D eigenvalue weighted by Gasteiger charge is 2.31. The maximum absolute atomic E-state index is 13.4. The van der Waals surface area contributed by atoms with Crippen LogP contribution in [0, 0.1) is 0 Å². The van der Waals surface area contributed by atoms with Crippen LogP contribution in [0.4, 0.5) is 5.82 Å². The molecule has 5 atom stereocenters. The number of aromatic nitrogens is 1. The van der Waals surface area contributed by atoms with Crippen LogP contribution >= 0.6 is 10.9 Å². The molecule has 12 N–H and O–H groups in total. The van der Waals surface area contributed by atoms with Gasteiger partial charge in [0.05, 0.1) is 49.5 Å². The van der Waals surface area contributed by atoms with Gasteiger partial charge in [-0.05, 0) is 124 Å². The van der Waals surface area contributed by atoms with Gasteiger partial charge in [0.1, 0.15) is 52.5 Å². The molecular weight excluding hydrogens is 1060 g/mol. The number of carbonyl (C=O) groups is 5. The summed E-state index contributed by atoms with van der Waals surface area (Å²) in [4.78, 5) is 67.6. The molecule has 24 heteroatoms. The monoisotopic (exact) mass is 1130 g/mol. The number of benzene rings is 3. The molecule has 0 spiro atoms. The summed E-state index contributed by atoms with van der Waals surface area (Å²) in [5, 5.41) is 74.7. The number of hydrogen-bond donors (Lipinski definition) is 12. The number of nitrogens with one attached hydrogen (secondary N) is 3. The van der Waals surface area contributed by atoms with Crippen molar-refractivity contribution >= 4 is 46.2 Å². The summed E-state index contributed by atoms with van der Waals surface area (Å²) >= 11 is 0. The Kier molecular flexibility index (Phi) is 26.4. The number of aliphatic carboxylic acids is 1. The molecule has 23 nitrogen and oxygen atoms in total. The molecule has 0 bridgehead atoms. The Balaban J connectivity index is 1.07. The van der Waals surface area contributed by atoms with E-state index >= 15 is 0 Å². The SMILES string of the molecule is C=CCc1c(OCCCCCOc2cccc(OCCCC(=O)NCCCCC(NC(=O)c3ccc(N=NCc4ccccc4S(O)(O)O)nc3)C(=O)NCC(O)C(O)C(O)C(O)CO)c2CCC(=O)O)ccc2c1CCCC2=O. The second-order valence-corrected chi connectivity index (χ2v) is 20.5. The van der Waals surface area contributed by atoms with Gasteiger partial charge >= 0.3 is 5.97 Å². The van der Waals surface area contributed by atoms with Gasteiger partial charge in [-0.25, -0.2) is 4.98 Å². The van der Waals surface area contributed by atoms with E-state index in [4.69, 9.17) is 19.3 Å². The number of carbonyl (C=O) groups excluding carboxylic acids is 4. The minimum absolute atomic E-state index is 0.0259. The summed E-state index contributed by atoms with van der Waals surface area (Å²) in [6, 6.07) is 16.5. The number of allylic oxidation sites excluding steroid dienone is 1. The van der Waals surface area contributed by atoms with Crippen molar-refractivity contribution in [3.8, 4) is 17.2 Å². The van der Waals surface area contributed by atoms with Crippen LogP contribution in [0.5, 0.6) is 17.2 Å². The topological polar surface area (TPSA) is 369 Å². The van der Waals surface area contributed by atoms with Gasteiger partial charge < -0.3 is 74.5 Å². The molecule has 0 fully saturated rings. The molecule has 436 valence electrons. The maximum atomic E-state index is 13.4. The van der Waals surface area contributed by atoms with Gasteiger partial charge in [-0.1, -0.05) is 30.3 Å². The average molecular weight is 1140 g/mol. The first-order valence-electron chi connectivity index (χ1n) is 26.5. The molecule has 4 aromatic rings. The lowest BCUT2D eigenvalue weighted by molar-refractivity contribution is -0.137. The van der Waals surface area contributed by atoms with Gasteiger partial charge in [0.15, 0.2) is 11.6 Å². The molecule has 0 saturated heterocycles. The number of pyridine rings is 1. The van der Waals surface area contributed by atoms with E-state index in [-0.39, 0.29) is 73.3 Å². The lowest BCUT2D eigenvalue weighted by Gasteiger charge is -2.26. The molecule has 3 aromatic carbocycles. The number of fused-ring (bicyclic) bond motifs is 1. The van der Waals surface area contributed by atoms with Crippen molar-refractivity contribution in [2.45, 2.75) is 132 Å².